The fraction of sp³-hybridized carbons (Fsp3) is 1.00. The van der Waals surface area contributed by atoms with Gasteiger partial charge in [0.1, 0.15) is 0 Å². The van der Waals surface area contributed by atoms with Gasteiger partial charge in [-0.1, -0.05) is 6.92 Å². The highest BCUT2D eigenvalue weighted by molar-refractivity contribution is 4.34. The van der Waals surface area contributed by atoms with Gasteiger partial charge in [-0.25, -0.2) is 5.01 Å². The highest BCUT2D eigenvalue weighted by atomic mass is 16.7. The first-order valence-corrected chi connectivity index (χ1v) is 3.80. The van der Waals surface area contributed by atoms with Gasteiger partial charge in [0.15, 0.2) is 0 Å². The van der Waals surface area contributed by atoms with Gasteiger partial charge in [-0.15, -0.1) is 5.17 Å². The zero-order valence-corrected chi connectivity index (χ0v) is 7.42. The van der Waals surface area contributed by atoms with E-state index < -0.39 is 0 Å². The summed E-state index contributed by atoms with van der Waals surface area (Å²) in [4.78, 5) is 5.30. The fourth-order valence-electron chi connectivity index (χ4n) is 0.720. The summed E-state index contributed by atoms with van der Waals surface area (Å²) in [6.45, 7) is 5.82. The minimum absolute atomic E-state index is 0. The molecular weight excluding hydrogens is 128 g/mol. The Morgan fingerprint density at radius 2 is 1.90 bits per heavy atom. The van der Waals surface area contributed by atoms with Crippen LogP contribution in [0.4, 0.5) is 0 Å². The van der Waals surface area contributed by atoms with Crippen molar-refractivity contribution in [2.45, 2.75) is 20.3 Å². The summed E-state index contributed by atoms with van der Waals surface area (Å²) < 4.78 is 0. The monoisotopic (exact) mass is 147 g/mol. The van der Waals surface area contributed by atoms with Crippen LogP contribution in [0.25, 0.3) is 0 Å². The summed E-state index contributed by atoms with van der Waals surface area (Å²) in [5, 5.41) is 3.81. The first-order chi connectivity index (χ1) is 4.72. The number of hydrogen-bond donors (Lipinski definition) is 0. The van der Waals surface area contributed by atoms with Crippen LogP contribution >= 0.6 is 0 Å². The molecule has 0 aliphatic rings. The van der Waals surface area contributed by atoms with E-state index >= 15 is 0 Å². The van der Waals surface area contributed by atoms with E-state index in [2.05, 4.69) is 6.92 Å². The van der Waals surface area contributed by atoms with Gasteiger partial charge in [0, 0.05) is 20.6 Å². The third-order valence-corrected chi connectivity index (χ3v) is 1.14. The second-order valence-corrected chi connectivity index (χ2v) is 2.34. The number of hydrazine groups is 1. The lowest BCUT2D eigenvalue weighted by Crippen LogP contribution is -2.37. The molecule has 0 atom stereocenters. The van der Waals surface area contributed by atoms with Gasteiger partial charge in [0.05, 0.1) is 6.61 Å². The Hall–Kier alpha value is -0.120. The van der Waals surface area contributed by atoms with Gasteiger partial charge in [0.25, 0.3) is 0 Å². The normalized spacial score (nSPS) is 11.4. The van der Waals surface area contributed by atoms with Gasteiger partial charge in [0.2, 0.25) is 0 Å². The van der Waals surface area contributed by atoms with Crippen molar-refractivity contribution in [1.82, 2.24) is 10.2 Å². The number of rotatable bonds is 5. The van der Waals surface area contributed by atoms with E-state index in [9.17, 15) is 0 Å². The Balaban J connectivity index is 0. The molecule has 0 aliphatic heterocycles. The van der Waals surface area contributed by atoms with Crippen LogP contribution in [0.2, 0.25) is 0 Å². The molecule has 0 aromatic carbocycles. The second-order valence-electron chi connectivity index (χ2n) is 2.34. The maximum Gasteiger partial charge on any atom is 1.00 e. The fourth-order valence-corrected chi connectivity index (χ4v) is 0.720. The van der Waals surface area contributed by atoms with Crippen molar-refractivity contribution >= 4 is 0 Å². The molecule has 0 fully saturated rings. The van der Waals surface area contributed by atoms with Crippen LogP contribution in [0.15, 0.2) is 0 Å². The molecule has 0 unspecified atom stereocenters. The molecular formula is C7H19N2O+. The average molecular weight is 147 g/mol. The van der Waals surface area contributed by atoms with Crippen molar-refractivity contribution in [2.24, 2.45) is 0 Å². The van der Waals surface area contributed by atoms with Gasteiger partial charge in [-0.3, -0.25) is 4.84 Å². The number of hydroxylamine groups is 1. The summed E-state index contributed by atoms with van der Waals surface area (Å²) in [6.07, 6.45) is 1.11. The predicted octanol–water partition coefficient (Wildman–Crippen LogP) is 1.24. The summed E-state index contributed by atoms with van der Waals surface area (Å²) in [5.41, 5.74) is 0. The molecule has 0 bridgehead atoms. The SMILES string of the molecule is CCCN(OCC)N(C)C.[H+]. The molecule has 0 aliphatic carbocycles. The van der Waals surface area contributed by atoms with E-state index in [0.29, 0.717) is 0 Å². The van der Waals surface area contributed by atoms with Gasteiger partial charge >= 0.3 is 1.43 Å². The Morgan fingerprint density at radius 3 is 2.20 bits per heavy atom. The molecule has 0 heterocycles. The predicted molar refractivity (Wildman–Crippen MR) is 43.4 cm³/mol. The second kappa shape index (κ2) is 5.65. The minimum Gasteiger partial charge on any atom is -0.284 e. The number of nitrogens with zero attached hydrogens (tertiary/aromatic N) is 2. The first kappa shape index (κ1) is 9.88. The van der Waals surface area contributed by atoms with Crippen molar-refractivity contribution in [1.29, 1.82) is 0 Å². The molecule has 0 saturated heterocycles. The van der Waals surface area contributed by atoms with Crippen LogP contribution in [0.3, 0.4) is 0 Å². The van der Waals surface area contributed by atoms with Crippen LogP contribution in [0.1, 0.15) is 21.7 Å². The highest BCUT2D eigenvalue weighted by Crippen LogP contribution is 1.94. The molecule has 0 aromatic rings. The van der Waals surface area contributed by atoms with Crippen LogP contribution in [0.5, 0.6) is 0 Å². The average Bonchev–Trinajstić information content (AvgIpc) is 1.87. The Labute approximate surface area is 65.0 Å². The molecule has 0 rings (SSSR count). The maximum absolute atomic E-state index is 5.30. The topological polar surface area (TPSA) is 15.7 Å². The van der Waals surface area contributed by atoms with Crippen LogP contribution in [-0.4, -0.2) is 37.4 Å². The quantitative estimate of drug-likeness (QED) is 0.544. The van der Waals surface area contributed by atoms with E-state index in [1.807, 2.05) is 31.2 Å². The summed E-state index contributed by atoms with van der Waals surface area (Å²) in [6, 6.07) is 0. The molecule has 0 N–H and O–H groups in total. The van der Waals surface area contributed by atoms with Crippen molar-refractivity contribution in [3.05, 3.63) is 0 Å². The molecule has 0 amide bonds. The van der Waals surface area contributed by atoms with Gasteiger partial charge in [-0.2, -0.15) is 0 Å². The van der Waals surface area contributed by atoms with E-state index in [0.717, 1.165) is 19.6 Å². The highest BCUT2D eigenvalue weighted by Gasteiger charge is 2.03. The summed E-state index contributed by atoms with van der Waals surface area (Å²) in [7, 11) is 3.96. The smallest absolute Gasteiger partial charge is 0.284 e. The zero-order chi connectivity index (χ0) is 7.98. The Bertz CT molecular complexity index is 74.8. The molecule has 3 nitrogen and oxygen atoms in total. The maximum atomic E-state index is 5.30. The molecule has 0 aromatic heterocycles. The summed E-state index contributed by atoms with van der Waals surface area (Å²) >= 11 is 0. The number of hydrogen-bond acceptors (Lipinski definition) is 3. The van der Waals surface area contributed by atoms with Crippen molar-refractivity contribution in [3.63, 3.8) is 0 Å². The van der Waals surface area contributed by atoms with E-state index in [-0.39, 0.29) is 1.43 Å². The van der Waals surface area contributed by atoms with E-state index in [1.54, 1.807) is 0 Å². The van der Waals surface area contributed by atoms with Crippen molar-refractivity contribution in [2.75, 3.05) is 27.2 Å². The Kier molecular flexibility index (Phi) is 5.58. The molecule has 62 valence electrons. The third kappa shape index (κ3) is 3.82. The lowest BCUT2D eigenvalue weighted by Gasteiger charge is -2.26. The van der Waals surface area contributed by atoms with Crippen LogP contribution in [-0.2, 0) is 4.84 Å². The zero-order valence-electron chi connectivity index (χ0n) is 8.42. The van der Waals surface area contributed by atoms with E-state index in [4.69, 9.17) is 4.84 Å². The molecule has 3 heteroatoms. The molecule has 0 spiro atoms. The van der Waals surface area contributed by atoms with Crippen molar-refractivity contribution in [3.8, 4) is 0 Å². The lowest BCUT2D eigenvalue weighted by molar-refractivity contribution is -0.264. The minimum atomic E-state index is 0. The van der Waals surface area contributed by atoms with Crippen LogP contribution in [0, 0.1) is 0 Å². The summed E-state index contributed by atoms with van der Waals surface area (Å²) in [5.74, 6) is 0. The third-order valence-electron chi connectivity index (χ3n) is 1.14. The lowest BCUT2D eigenvalue weighted by atomic mass is 10.5. The molecule has 0 saturated carbocycles. The first-order valence-electron chi connectivity index (χ1n) is 3.80. The van der Waals surface area contributed by atoms with E-state index in [1.165, 1.54) is 0 Å². The standard InChI is InChI=1S/C7H18N2O/c1-5-7-9(8(3)4)10-6-2/h5-7H2,1-4H3/p+1. The molecule has 10 heavy (non-hydrogen) atoms. The van der Waals surface area contributed by atoms with Crippen LogP contribution < -0.4 is 0 Å². The molecule has 0 radical (unpaired) electrons. The Morgan fingerprint density at radius 1 is 1.30 bits per heavy atom. The van der Waals surface area contributed by atoms with Crippen molar-refractivity contribution < 1.29 is 6.26 Å². The largest absolute Gasteiger partial charge is 1.00 e. The van der Waals surface area contributed by atoms with Gasteiger partial charge < -0.3 is 0 Å². The van der Waals surface area contributed by atoms with Gasteiger partial charge in [-0.05, 0) is 13.3 Å².